The smallest absolute Gasteiger partial charge is 0.167 e. The quantitative estimate of drug-likeness (QED) is 0.161. The first kappa shape index (κ1) is 35.5. The standard InChI is InChI=1S/C57H36N4O/c1-3-13-37(14-4-1)42-15-11-16-43(35-42)40-27-25-38(26-28-40)39-29-31-41(32-30-39)55-58-56(60-57(59-55)50-22-12-21-49-48-20-8-10-24-53(48)62-54(49)50)44-33-34-47-46-19-7-9-23-51(46)61(52(47)36-44)45-17-5-2-6-18-45/h1-36H. The summed E-state index contributed by atoms with van der Waals surface area (Å²) in [7, 11) is 0. The SMILES string of the molecule is c1ccc(-c2cccc(-c3ccc(-c4ccc(-c5nc(-c6ccc7c8ccccc8n(-c8ccccc8)c7c6)nc(-c6cccc7c6oc6ccccc67)n5)cc4)cc3)c2)cc1. The van der Waals surface area contributed by atoms with Gasteiger partial charge in [0.05, 0.1) is 16.6 Å². The lowest BCUT2D eigenvalue weighted by Gasteiger charge is -2.11. The van der Waals surface area contributed by atoms with Gasteiger partial charge in [0.15, 0.2) is 17.5 Å². The van der Waals surface area contributed by atoms with Crippen LogP contribution in [-0.4, -0.2) is 19.5 Å². The van der Waals surface area contributed by atoms with Gasteiger partial charge < -0.3 is 8.98 Å². The number of aromatic nitrogens is 4. The molecule has 3 heterocycles. The summed E-state index contributed by atoms with van der Waals surface area (Å²) in [6.07, 6.45) is 0. The van der Waals surface area contributed by atoms with Crippen LogP contribution in [0.25, 0.3) is 117 Å². The Morgan fingerprint density at radius 3 is 1.55 bits per heavy atom. The van der Waals surface area contributed by atoms with E-state index in [1.54, 1.807) is 0 Å². The third kappa shape index (κ3) is 6.14. The van der Waals surface area contributed by atoms with E-state index in [1.165, 1.54) is 33.0 Å². The van der Waals surface area contributed by atoms with Crippen molar-refractivity contribution in [2.24, 2.45) is 0 Å². The fourth-order valence-corrected chi connectivity index (χ4v) is 8.82. The second-order valence-corrected chi connectivity index (χ2v) is 15.6. The predicted molar refractivity (Wildman–Crippen MR) is 254 cm³/mol. The van der Waals surface area contributed by atoms with Crippen LogP contribution < -0.4 is 0 Å². The first-order valence-corrected chi connectivity index (χ1v) is 20.8. The van der Waals surface area contributed by atoms with Gasteiger partial charge in [-0.25, -0.2) is 15.0 Å². The maximum atomic E-state index is 6.51. The first-order valence-electron chi connectivity index (χ1n) is 20.8. The molecule has 9 aromatic carbocycles. The summed E-state index contributed by atoms with van der Waals surface area (Å²) < 4.78 is 8.83. The van der Waals surface area contributed by atoms with Gasteiger partial charge in [0.25, 0.3) is 0 Å². The summed E-state index contributed by atoms with van der Waals surface area (Å²) in [5.74, 6) is 1.72. The topological polar surface area (TPSA) is 56.7 Å². The molecule has 5 nitrogen and oxygen atoms in total. The molecule has 0 unspecified atom stereocenters. The van der Waals surface area contributed by atoms with E-state index in [-0.39, 0.29) is 0 Å². The highest BCUT2D eigenvalue weighted by Gasteiger charge is 2.19. The highest BCUT2D eigenvalue weighted by atomic mass is 16.3. The van der Waals surface area contributed by atoms with Crippen LogP contribution in [0.2, 0.25) is 0 Å². The molecule has 0 N–H and O–H groups in total. The molecule has 0 aliphatic carbocycles. The van der Waals surface area contributed by atoms with Gasteiger partial charge >= 0.3 is 0 Å². The number of furan rings is 1. The predicted octanol–water partition coefficient (Wildman–Crippen LogP) is 14.9. The average Bonchev–Trinajstić information content (AvgIpc) is 3.90. The van der Waals surface area contributed by atoms with E-state index in [9.17, 15) is 0 Å². The highest BCUT2D eigenvalue weighted by molar-refractivity contribution is 6.11. The number of fused-ring (bicyclic) bond motifs is 6. The van der Waals surface area contributed by atoms with Crippen molar-refractivity contribution >= 4 is 43.7 Å². The van der Waals surface area contributed by atoms with Crippen LogP contribution in [0.5, 0.6) is 0 Å². The van der Waals surface area contributed by atoms with Crippen LogP contribution in [0.3, 0.4) is 0 Å². The van der Waals surface area contributed by atoms with E-state index in [1.807, 2.05) is 30.3 Å². The van der Waals surface area contributed by atoms with E-state index >= 15 is 0 Å². The number of nitrogens with zero attached hydrogens (tertiary/aromatic N) is 4. The van der Waals surface area contributed by atoms with Crippen LogP contribution in [0.1, 0.15) is 0 Å². The Balaban J connectivity index is 0.961. The monoisotopic (exact) mass is 792 g/mol. The number of rotatable bonds is 7. The zero-order valence-electron chi connectivity index (χ0n) is 33.5. The maximum Gasteiger partial charge on any atom is 0.167 e. The lowest BCUT2D eigenvalue weighted by atomic mass is 9.97. The molecule has 0 bridgehead atoms. The molecule has 0 spiro atoms. The van der Waals surface area contributed by atoms with Gasteiger partial charge in [0.1, 0.15) is 11.2 Å². The molecule has 12 aromatic rings. The normalized spacial score (nSPS) is 11.5. The number of benzene rings is 9. The number of hydrogen-bond donors (Lipinski definition) is 0. The molecule has 0 atom stereocenters. The van der Waals surface area contributed by atoms with E-state index in [0.29, 0.717) is 17.5 Å². The zero-order chi connectivity index (χ0) is 41.0. The molecular formula is C57H36N4O. The second-order valence-electron chi connectivity index (χ2n) is 15.6. The molecule has 0 aliphatic heterocycles. The Bertz CT molecular complexity index is 3610. The Kier molecular flexibility index (Phi) is 8.42. The Labute approximate surface area is 357 Å². The van der Waals surface area contributed by atoms with Crippen molar-refractivity contribution in [1.82, 2.24) is 19.5 Å². The molecule has 3 aromatic heterocycles. The maximum absolute atomic E-state index is 6.51. The molecule has 0 saturated heterocycles. The fraction of sp³-hybridized carbons (Fsp3) is 0. The summed E-state index contributed by atoms with van der Waals surface area (Å²) in [5.41, 5.74) is 14.5. The van der Waals surface area contributed by atoms with Crippen molar-refractivity contribution in [3.8, 4) is 73.2 Å². The van der Waals surface area contributed by atoms with Gasteiger partial charge in [-0.2, -0.15) is 0 Å². The van der Waals surface area contributed by atoms with E-state index < -0.39 is 0 Å². The first-order chi connectivity index (χ1) is 30.7. The number of para-hydroxylation sites is 4. The summed E-state index contributed by atoms with van der Waals surface area (Å²) in [6.45, 7) is 0. The van der Waals surface area contributed by atoms with Crippen molar-refractivity contribution in [2.75, 3.05) is 0 Å². The minimum Gasteiger partial charge on any atom is -0.455 e. The van der Waals surface area contributed by atoms with Crippen molar-refractivity contribution in [1.29, 1.82) is 0 Å². The molecular weight excluding hydrogens is 757 g/mol. The molecule has 0 aliphatic rings. The van der Waals surface area contributed by atoms with E-state index in [4.69, 9.17) is 19.4 Å². The van der Waals surface area contributed by atoms with Crippen molar-refractivity contribution < 1.29 is 4.42 Å². The van der Waals surface area contributed by atoms with Gasteiger partial charge in [-0.3, -0.25) is 0 Å². The van der Waals surface area contributed by atoms with Gasteiger partial charge in [-0.1, -0.05) is 176 Å². The highest BCUT2D eigenvalue weighted by Crippen LogP contribution is 2.38. The fourth-order valence-electron chi connectivity index (χ4n) is 8.82. The summed E-state index contributed by atoms with van der Waals surface area (Å²) in [4.78, 5) is 15.6. The minimum absolute atomic E-state index is 0.550. The van der Waals surface area contributed by atoms with Crippen LogP contribution in [0.15, 0.2) is 223 Å². The Morgan fingerprint density at radius 2 is 0.806 bits per heavy atom. The molecule has 62 heavy (non-hydrogen) atoms. The second kappa shape index (κ2) is 14.7. The minimum atomic E-state index is 0.550. The van der Waals surface area contributed by atoms with Gasteiger partial charge in [0, 0.05) is 38.4 Å². The summed E-state index contributed by atoms with van der Waals surface area (Å²) in [5, 5.41) is 4.44. The third-order valence-corrected chi connectivity index (χ3v) is 11.9. The van der Waals surface area contributed by atoms with Crippen LogP contribution >= 0.6 is 0 Å². The van der Waals surface area contributed by atoms with Gasteiger partial charge in [-0.15, -0.1) is 0 Å². The molecule has 290 valence electrons. The van der Waals surface area contributed by atoms with Crippen LogP contribution in [-0.2, 0) is 0 Å². The van der Waals surface area contributed by atoms with Crippen molar-refractivity contribution in [2.45, 2.75) is 0 Å². The molecule has 12 rings (SSSR count). The van der Waals surface area contributed by atoms with Crippen LogP contribution in [0.4, 0.5) is 0 Å². The van der Waals surface area contributed by atoms with Gasteiger partial charge in [-0.05, 0) is 75.8 Å². The van der Waals surface area contributed by atoms with E-state index in [2.05, 4.69) is 193 Å². The van der Waals surface area contributed by atoms with E-state index in [0.717, 1.165) is 66.5 Å². The number of hydrogen-bond acceptors (Lipinski definition) is 4. The van der Waals surface area contributed by atoms with Gasteiger partial charge in [0.2, 0.25) is 0 Å². The summed E-state index contributed by atoms with van der Waals surface area (Å²) >= 11 is 0. The Hall–Kier alpha value is -8.41. The average molecular weight is 793 g/mol. The summed E-state index contributed by atoms with van der Waals surface area (Å²) in [6, 6.07) is 76.4. The zero-order valence-corrected chi connectivity index (χ0v) is 33.5. The molecule has 0 fully saturated rings. The van der Waals surface area contributed by atoms with Crippen LogP contribution in [0, 0.1) is 0 Å². The molecule has 5 heteroatoms. The van der Waals surface area contributed by atoms with Crippen molar-refractivity contribution in [3.63, 3.8) is 0 Å². The molecule has 0 saturated carbocycles. The molecule has 0 amide bonds. The lowest BCUT2D eigenvalue weighted by molar-refractivity contribution is 0.669. The molecule has 0 radical (unpaired) electrons. The largest absolute Gasteiger partial charge is 0.455 e. The Morgan fingerprint density at radius 1 is 0.306 bits per heavy atom. The lowest BCUT2D eigenvalue weighted by Crippen LogP contribution is -2.01. The van der Waals surface area contributed by atoms with Crippen molar-refractivity contribution in [3.05, 3.63) is 218 Å². The third-order valence-electron chi connectivity index (χ3n) is 11.9.